The van der Waals surface area contributed by atoms with E-state index in [4.69, 9.17) is 4.74 Å². The summed E-state index contributed by atoms with van der Waals surface area (Å²) in [7, 11) is 0. The number of rotatable bonds is 7. The molecule has 4 nitrogen and oxygen atoms in total. The normalized spacial score (nSPS) is 17.7. The Bertz CT molecular complexity index is 509. The minimum atomic E-state index is -0.705. The van der Waals surface area contributed by atoms with E-state index in [2.05, 4.69) is 19.2 Å². The summed E-state index contributed by atoms with van der Waals surface area (Å²) in [5.74, 6) is 0.954. The van der Waals surface area contributed by atoms with E-state index >= 15 is 0 Å². The van der Waals surface area contributed by atoms with Crippen molar-refractivity contribution in [2.24, 2.45) is 0 Å². The number of amides is 1. The second-order valence-corrected chi connectivity index (χ2v) is 6.50. The van der Waals surface area contributed by atoms with Crippen molar-refractivity contribution in [3.63, 3.8) is 0 Å². The average molecular weight is 305 g/mol. The molecule has 22 heavy (non-hydrogen) atoms. The molecule has 1 unspecified atom stereocenters. The first-order valence-electron chi connectivity index (χ1n) is 8.21. The van der Waals surface area contributed by atoms with Crippen molar-refractivity contribution < 1.29 is 14.6 Å². The Morgan fingerprint density at radius 1 is 1.36 bits per heavy atom. The molecule has 1 fully saturated rings. The van der Waals surface area contributed by atoms with Crippen LogP contribution in [0.4, 0.5) is 0 Å². The van der Waals surface area contributed by atoms with Crippen molar-refractivity contribution in [3.8, 4) is 5.75 Å². The summed E-state index contributed by atoms with van der Waals surface area (Å²) in [4.78, 5) is 12.3. The molecule has 1 saturated carbocycles. The summed E-state index contributed by atoms with van der Waals surface area (Å²) in [6.45, 7) is 6.46. The van der Waals surface area contributed by atoms with Gasteiger partial charge in [-0.25, -0.2) is 0 Å². The maximum absolute atomic E-state index is 12.3. The molecule has 122 valence electrons. The average Bonchev–Trinajstić information content (AvgIpc) is 2.48. The van der Waals surface area contributed by atoms with Gasteiger partial charge in [-0.2, -0.15) is 0 Å². The lowest BCUT2D eigenvalue weighted by molar-refractivity contribution is -0.130. The highest BCUT2D eigenvalue weighted by molar-refractivity contribution is 5.81. The Labute approximate surface area is 132 Å². The van der Waals surface area contributed by atoms with Crippen LogP contribution in [0.2, 0.25) is 0 Å². The highest BCUT2D eigenvalue weighted by Gasteiger charge is 2.35. The lowest BCUT2D eigenvalue weighted by Gasteiger charge is -2.36. The smallest absolute Gasteiger partial charge is 0.261 e. The van der Waals surface area contributed by atoms with Gasteiger partial charge in [0.1, 0.15) is 5.75 Å². The Hall–Kier alpha value is -1.55. The van der Waals surface area contributed by atoms with Gasteiger partial charge in [-0.05, 0) is 43.2 Å². The zero-order valence-corrected chi connectivity index (χ0v) is 13.8. The minimum Gasteiger partial charge on any atom is -0.480 e. The molecule has 0 aromatic heterocycles. The molecule has 1 atom stereocenters. The summed E-state index contributed by atoms with van der Waals surface area (Å²) in [6.07, 6.45) is 2.63. The lowest BCUT2D eigenvalue weighted by Crippen LogP contribution is -2.50. The van der Waals surface area contributed by atoms with Crippen LogP contribution >= 0.6 is 0 Å². The predicted molar refractivity (Wildman–Crippen MR) is 87.0 cm³/mol. The van der Waals surface area contributed by atoms with E-state index < -0.39 is 11.7 Å². The van der Waals surface area contributed by atoms with Crippen molar-refractivity contribution in [3.05, 3.63) is 29.8 Å². The van der Waals surface area contributed by atoms with E-state index in [9.17, 15) is 9.90 Å². The molecule has 1 aromatic rings. The third kappa shape index (κ3) is 4.01. The van der Waals surface area contributed by atoms with Crippen LogP contribution in [0.5, 0.6) is 5.75 Å². The number of benzene rings is 1. The fourth-order valence-corrected chi connectivity index (χ4v) is 2.67. The third-order valence-corrected chi connectivity index (χ3v) is 4.35. The molecule has 1 aliphatic carbocycles. The van der Waals surface area contributed by atoms with Crippen molar-refractivity contribution in [1.29, 1.82) is 0 Å². The van der Waals surface area contributed by atoms with Crippen molar-refractivity contribution >= 4 is 5.91 Å². The van der Waals surface area contributed by atoms with Gasteiger partial charge in [0.25, 0.3) is 5.91 Å². The van der Waals surface area contributed by atoms with Crippen LogP contribution in [-0.2, 0) is 4.79 Å². The van der Waals surface area contributed by atoms with Crippen LogP contribution in [0.1, 0.15) is 57.9 Å². The Balaban J connectivity index is 1.98. The first-order chi connectivity index (χ1) is 10.4. The van der Waals surface area contributed by atoms with E-state index in [1.54, 1.807) is 0 Å². The molecule has 0 bridgehead atoms. The summed E-state index contributed by atoms with van der Waals surface area (Å²) in [5.41, 5.74) is 0.399. The number of hydrogen-bond donors (Lipinski definition) is 2. The van der Waals surface area contributed by atoms with Crippen LogP contribution in [0.15, 0.2) is 24.3 Å². The molecule has 1 aromatic carbocycles. The molecule has 1 amide bonds. The van der Waals surface area contributed by atoms with E-state index in [0.717, 1.165) is 30.6 Å². The van der Waals surface area contributed by atoms with Gasteiger partial charge < -0.3 is 15.2 Å². The predicted octanol–water partition coefficient (Wildman–Crippen LogP) is 3.00. The van der Waals surface area contributed by atoms with E-state index in [0.29, 0.717) is 18.9 Å². The van der Waals surface area contributed by atoms with Crippen molar-refractivity contribution in [2.45, 2.75) is 64.1 Å². The minimum absolute atomic E-state index is 0.151. The Kier molecular flexibility index (Phi) is 5.46. The van der Waals surface area contributed by atoms with Gasteiger partial charge in [0.15, 0.2) is 6.10 Å². The second-order valence-electron chi connectivity index (χ2n) is 6.50. The van der Waals surface area contributed by atoms with Gasteiger partial charge in [-0.3, -0.25) is 4.79 Å². The van der Waals surface area contributed by atoms with Gasteiger partial charge in [0.05, 0.1) is 5.60 Å². The topological polar surface area (TPSA) is 58.6 Å². The first-order valence-corrected chi connectivity index (χ1v) is 8.21. The summed E-state index contributed by atoms with van der Waals surface area (Å²) >= 11 is 0. The van der Waals surface area contributed by atoms with Crippen LogP contribution in [-0.4, -0.2) is 29.3 Å². The van der Waals surface area contributed by atoms with E-state index in [1.807, 2.05) is 31.2 Å². The zero-order valence-electron chi connectivity index (χ0n) is 13.8. The fraction of sp³-hybridized carbons (Fsp3) is 0.611. The number of nitrogens with one attached hydrogen (secondary N) is 1. The lowest BCUT2D eigenvalue weighted by atomic mass is 9.80. The second kappa shape index (κ2) is 7.14. The molecule has 0 aliphatic heterocycles. The molecule has 0 saturated heterocycles. The van der Waals surface area contributed by atoms with Crippen LogP contribution in [0.3, 0.4) is 0 Å². The zero-order chi connectivity index (χ0) is 16.2. The maximum atomic E-state index is 12.3. The molecular formula is C18H27NO3. The van der Waals surface area contributed by atoms with Gasteiger partial charge in [0, 0.05) is 6.54 Å². The molecule has 1 aliphatic rings. The van der Waals surface area contributed by atoms with Gasteiger partial charge in [0.2, 0.25) is 0 Å². The maximum Gasteiger partial charge on any atom is 0.261 e. The quantitative estimate of drug-likeness (QED) is 0.814. The SMILES string of the molecule is CCC(Oc1ccccc1C(C)C)C(=O)NCC1(O)CCC1. The summed E-state index contributed by atoms with van der Waals surface area (Å²) in [6, 6.07) is 7.84. The number of carbonyl (C=O) groups excluding carboxylic acids is 1. The number of para-hydroxylation sites is 1. The number of ether oxygens (including phenoxy) is 1. The Morgan fingerprint density at radius 2 is 2.05 bits per heavy atom. The molecule has 0 heterocycles. The molecule has 4 heteroatoms. The van der Waals surface area contributed by atoms with E-state index in [-0.39, 0.29) is 5.91 Å². The molecule has 0 spiro atoms. The summed E-state index contributed by atoms with van der Waals surface area (Å²) < 4.78 is 5.94. The van der Waals surface area contributed by atoms with Crippen molar-refractivity contribution in [2.75, 3.05) is 6.54 Å². The number of aliphatic hydroxyl groups is 1. The fourth-order valence-electron chi connectivity index (χ4n) is 2.67. The monoisotopic (exact) mass is 305 g/mol. The molecule has 2 N–H and O–H groups in total. The van der Waals surface area contributed by atoms with Gasteiger partial charge in [-0.15, -0.1) is 0 Å². The largest absolute Gasteiger partial charge is 0.480 e. The van der Waals surface area contributed by atoms with Crippen molar-refractivity contribution in [1.82, 2.24) is 5.32 Å². The molecule has 0 radical (unpaired) electrons. The summed E-state index contributed by atoms with van der Waals surface area (Å²) in [5, 5.41) is 12.9. The standard InChI is InChI=1S/C18H27NO3/c1-4-15(17(20)19-12-18(21)10-7-11-18)22-16-9-6-5-8-14(16)13(2)3/h5-6,8-9,13,15,21H,4,7,10-12H2,1-3H3,(H,19,20). The Morgan fingerprint density at radius 3 is 2.59 bits per heavy atom. The molecule has 2 rings (SSSR count). The van der Waals surface area contributed by atoms with Crippen LogP contribution in [0, 0.1) is 0 Å². The highest BCUT2D eigenvalue weighted by Crippen LogP contribution is 2.31. The van der Waals surface area contributed by atoms with E-state index in [1.165, 1.54) is 0 Å². The van der Waals surface area contributed by atoms with Crippen LogP contribution in [0.25, 0.3) is 0 Å². The van der Waals surface area contributed by atoms with Crippen LogP contribution < -0.4 is 10.1 Å². The van der Waals surface area contributed by atoms with Gasteiger partial charge in [-0.1, -0.05) is 39.0 Å². The third-order valence-electron chi connectivity index (χ3n) is 4.35. The number of carbonyl (C=O) groups is 1. The number of hydrogen-bond acceptors (Lipinski definition) is 3. The van der Waals surface area contributed by atoms with Gasteiger partial charge >= 0.3 is 0 Å². The molecular weight excluding hydrogens is 278 g/mol. The first kappa shape index (κ1) is 16.8. The highest BCUT2D eigenvalue weighted by atomic mass is 16.5.